The van der Waals surface area contributed by atoms with Crippen molar-refractivity contribution in [2.24, 2.45) is 0 Å². The van der Waals surface area contributed by atoms with Gasteiger partial charge in [-0.25, -0.2) is 9.97 Å². The van der Waals surface area contributed by atoms with Gasteiger partial charge in [-0.3, -0.25) is 0 Å². The smallest absolute Gasteiger partial charge is 0.159 e. The van der Waals surface area contributed by atoms with Crippen LogP contribution in [0.15, 0.2) is 48.8 Å². The second-order valence-corrected chi connectivity index (χ2v) is 8.99. The van der Waals surface area contributed by atoms with Gasteiger partial charge in [0.15, 0.2) is 5.82 Å². The van der Waals surface area contributed by atoms with E-state index in [4.69, 9.17) is 0 Å². The first-order valence-electron chi connectivity index (χ1n) is 12.1. The lowest BCUT2D eigenvalue weighted by Crippen LogP contribution is -1.94. The molecule has 0 fully saturated rings. The van der Waals surface area contributed by atoms with Gasteiger partial charge in [-0.1, -0.05) is 87.8 Å². The Morgan fingerprint density at radius 1 is 0.677 bits per heavy atom. The van der Waals surface area contributed by atoms with E-state index in [1.165, 1.54) is 84.7 Å². The lowest BCUT2D eigenvalue weighted by Gasteiger charge is -2.13. The Morgan fingerprint density at radius 3 is 1.90 bits per heavy atom. The summed E-state index contributed by atoms with van der Waals surface area (Å²) < 4.78 is 0. The zero-order valence-electron chi connectivity index (χ0n) is 19.9. The third-order valence-corrected chi connectivity index (χ3v) is 6.11. The molecular formula is C29H38N2. The van der Waals surface area contributed by atoms with E-state index in [0.717, 1.165) is 17.8 Å². The summed E-state index contributed by atoms with van der Waals surface area (Å²) in [5.74, 6) is 0.809. The van der Waals surface area contributed by atoms with Crippen molar-refractivity contribution in [1.29, 1.82) is 0 Å². The number of benzene rings is 2. The topological polar surface area (TPSA) is 25.8 Å². The molecule has 31 heavy (non-hydrogen) atoms. The van der Waals surface area contributed by atoms with E-state index in [9.17, 15) is 0 Å². The summed E-state index contributed by atoms with van der Waals surface area (Å²) in [5, 5.41) is 0. The van der Waals surface area contributed by atoms with Crippen LogP contribution in [0, 0.1) is 20.8 Å². The standard InChI is InChI=1S/C29H38N2/c1-5-6-7-8-9-10-11-12-14-25-20-30-29(31-21-25)27-16-13-15-26(19-27)28-23(3)17-22(2)18-24(28)4/h13,15-21H,5-12,14H2,1-4H3. The van der Waals surface area contributed by atoms with E-state index >= 15 is 0 Å². The van der Waals surface area contributed by atoms with Crippen molar-refractivity contribution in [3.63, 3.8) is 0 Å². The van der Waals surface area contributed by atoms with Gasteiger partial charge in [-0.2, -0.15) is 0 Å². The SMILES string of the molecule is CCCCCCCCCCc1cnc(-c2cccc(-c3c(C)cc(C)cc3C)c2)nc1. The summed E-state index contributed by atoms with van der Waals surface area (Å²) in [6, 6.07) is 13.1. The molecule has 0 spiro atoms. The molecule has 2 nitrogen and oxygen atoms in total. The monoisotopic (exact) mass is 414 g/mol. The van der Waals surface area contributed by atoms with E-state index in [1.54, 1.807) is 0 Å². The Bertz CT molecular complexity index is 934. The maximum absolute atomic E-state index is 4.68. The molecule has 0 N–H and O–H groups in total. The van der Waals surface area contributed by atoms with E-state index < -0.39 is 0 Å². The number of hydrogen-bond donors (Lipinski definition) is 0. The van der Waals surface area contributed by atoms with Gasteiger partial charge in [0.2, 0.25) is 0 Å². The Morgan fingerprint density at radius 2 is 1.26 bits per heavy atom. The molecule has 2 aromatic carbocycles. The molecule has 0 radical (unpaired) electrons. The Labute approximate surface area is 189 Å². The van der Waals surface area contributed by atoms with Gasteiger partial charge in [0.05, 0.1) is 0 Å². The molecule has 0 saturated heterocycles. The highest BCUT2D eigenvalue weighted by Crippen LogP contribution is 2.30. The minimum atomic E-state index is 0.809. The molecule has 0 aliphatic heterocycles. The van der Waals surface area contributed by atoms with E-state index in [0.29, 0.717) is 0 Å². The first kappa shape index (κ1) is 23.2. The molecule has 0 unspecified atom stereocenters. The maximum Gasteiger partial charge on any atom is 0.159 e. The van der Waals surface area contributed by atoms with E-state index in [1.807, 2.05) is 12.4 Å². The molecule has 1 heterocycles. The van der Waals surface area contributed by atoms with Crippen LogP contribution < -0.4 is 0 Å². The van der Waals surface area contributed by atoms with Crippen molar-refractivity contribution in [1.82, 2.24) is 9.97 Å². The van der Waals surface area contributed by atoms with Crippen LogP contribution >= 0.6 is 0 Å². The summed E-state index contributed by atoms with van der Waals surface area (Å²) in [6.45, 7) is 8.82. The molecule has 1 aromatic heterocycles. The second-order valence-electron chi connectivity index (χ2n) is 8.99. The lowest BCUT2D eigenvalue weighted by atomic mass is 9.93. The number of aromatic nitrogens is 2. The quantitative estimate of drug-likeness (QED) is 0.294. The molecular weight excluding hydrogens is 376 g/mol. The Hall–Kier alpha value is -2.48. The van der Waals surface area contributed by atoms with Gasteiger partial charge in [0.1, 0.15) is 0 Å². The number of nitrogens with zero attached hydrogens (tertiary/aromatic N) is 2. The number of hydrogen-bond acceptors (Lipinski definition) is 2. The molecule has 0 saturated carbocycles. The van der Waals surface area contributed by atoms with Crippen molar-refractivity contribution < 1.29 is 0 Å². The van der Waals surface area contributed by atoms with Gasteiger partial charge < -0.3 is 0 Å². The van der Waals surface area contributed by atoms with Crippen molar-refractivity contribution in [3.05, 3.63) is 71.0 Å². The number of rotatable bonds is 11. The van der Waals surface area contributed by atoms with Gasteiger partial charge in [0, 0.05) is 18.0 Å². The molecule has 0 bridgehead atoms. The van der Waals surface area contributed by atoms with Crippen LogP contribution in [0.4, 0.5) is 0 Å². The number of aryl methyl sites for hydroxylation is 4. The fourth-order valence-electron chi connectivity index (χ4n) is 4.55. The average molecular weight is 415 g/mol. The molecule has 0 atom stereocenters. The average Bonchev–Trinajstić information content (AvgIpc) is 2.75. The van der Waals surface area contributed by atoms with Crippen LogP contribution in [0.1, 0.15) is 80.5 Å². The maximum atomic E-state index is 4.68. The predicted molar refractivity (Wildman–Crippen MR) is 133 cm³/mol. The van der Waals surface area contributed by atoms with Crippen molar-refractivity contribution in [2.45, 2.75) is 85.5 Å². The molecule has 0 amide bonds. The van der Waals surface area contributed by atoms with Crippen LogP contribution in [0.5, 0.6) is 0 Å². The van der Waals surface area contributed by atoms with Gasteiger partial charge in [0.25, 0.3) is 0 Å². The zero-order valence-corrected chi connectivity index (χ0v) is 19.9. The van der Waals surface area contributed by atoms with Crippen LogP contribution in [-0.2, 0) is 6.42 Å². The van der Waals surface area contributed by atoms with Crippen molar-refractivity contribution in [3.8, 4) is 22.5 Å². The Kier molecular flexibility index (Phi) is 8.82. The van der Waals surface area contributed by atoms with E-state index in [-0.39, 0.29) is 0 Å². The highest BCUT2D eigenvalue weighted by molar-refractivity contribution is 5.75. The highest BCUT2D eigenvalue weighted by Gasteiger charge is 2.09. The fourth-order valence-corrected chi connectivity index (χ4v) is 4.55. The highest BCUT2D eigenvalue weighted by atomic mass is 14.9. The zero-order chi connectivity index (χ0) is 22.1. The first-order valence-corrected chi connectivity index (χ1v) is 12.1. The molecule has 3 aromatic rings. The Balaban J connectivity index is 1.59. The normalized spacial score (nSPS) is 11.1. The summed E-state index contributed by atoms with van der Waals surface area (Å²) in [6.07, 6.45) is 15.9. The summed E-state index contributed by atoms with van der Waals surface area (Å²) in [4.78, 5) is 9.36. The minimum Gasteiger partial charge on any atom is -0.236 e. The van der Waals surface area contributed by atoms with Crippen LogP contribution in [0.25, 0.3) is 22.5 Å². The molecule has 0 aliphatic carbocycles. The molecule has 0 aliphatic rings. The largest absolute Gasteiger partial charge is 0.236 e. The molecule has 3 rings (SSSR count). The van der Waals surface area contributed by atoms with E-state index in [2.05, 4.69) is 74.1 Å². The van der Waals surface area contributed by atoms with Crippen LogP contribution in [-0.4, -0.2) is 9.97 Å². The third kappa shape index (κ3) is 6.75. The first-order chi connectivity index (χ1) is 15.1. The minimum absolute atomic E-state index is 0.809. The summed E-state index contributed by atoms with van der Waals surface area (Å²) in [7, 11) is 0. The lowest BCUT2D eigenvalue weighted by molar-refractivity contribution is 0.575. The summed E-state index contributed by atoms with van der Waals surface area (Å²) in [5.41, 5.74) is 8.82. The van der Waals surface area contributed by atoms with Crippen LogP contribution in [0.2, 0.25) is 0 Å². The van der Waals surface area contributed by atoms with Crippen LogP contribution in [0.3, 0.4) is 0 Å². The van der Waals surface area contributed by atoms with Gasteiger partial charge in [-0.15, -0.1) is 0 Å². The predicted octanol–water partition coefficient (Wildman–Crippen LogP) is 8.42. The van der Waals surface area contributed by atoms with Crippen molar-refractivity contribution in [2.75, 3.05) is 0 Å². The molecule has 164 valence electrons. The molecule has 2 heteroatoms. The summed E-state index contributed by atoms with van der Waals surface area (Å²) >= 11 is 0. The van der Waals surface area contributed by atoms with Gasteiger partial charge in [-0.05, 0) is 67.5 Å². The second kappa shape index (κ2) is 11.8. The third-order valence-electron chi connectivity index (χ3n) is 6.11. The van der Waals surface area contributed by atoms with Crippen molar-refractivity contribution >= 4 is 0 Å². The fraction of sp³-hybridized carbons (Fsp3) is 0.448. The van der Waals surface area contributed by atoms with Gasteiger partial charge >= 0.3 is 0 Å². The number of unbranched alkanes of at least 4 members (excludes halogenated alkanes) is 7.